The minimum atomic E-state index is -0.181. The molecule has 0 unspecified atom stereocenters. The molecule has 0 saturated heterocycles. The molecule has 22 heavy (non-hydrogen) atoms. The van der Waals surface area contributed by atoms with Crippen molar-refractivity contribution in [3.05, 3.63) is 35.3 Å². The van der Waals surface area contributed by atoms with Crippen LogP contribution in [0.5, 0.6) is 5.75 Å². The van der Waals surface area contributed by atoms with Crippen molar-refractivity contribution in [2.75, 3.05) is 17.2 Å². The smallest absolute Gasteiger partial charge is 0.230 e. The lowest BCUT2D eigenvalue weighted by atomic mass is 10.2. The van der Waals surface area contributed by atoms with Gasteiger partial charge in [0.1, 0.15) is 5.75 Å². The number of rotatable bonds is 6. The maximum Gasteiger partial charge on any atom is 0.230 e. The minimum Gasteiger partial charge on any atom is -0.494 e. The van der Waals surface area contributed by atoms with E-state index in [1.807, 2.05) is 6.92 Å². The van der Waals surface area contributed by atoms with Gasteiger partial charge < -0.3 is 15.4 Å². The summed E-state index contributed by atoms with van der Waals surface area (Å²) in [6, 6.07) is 7.17. The first kappa shape index (κ1) is 16.0. The van der Waals surface area contributed by atoms with E-state index < -0.39 is 0 Å². The van der Waals surface area contributed by atoms with Crippen molar-refractivity contribution in [1.82, 2.24) is 4.98 Å². The number of nitrogens with one attached hydrogen (secondary N) is 2. The SMILES string of the molecule is CCOc1ccc(NC(=O)Cc2csc(NC(C)=O)n2)cc1. The van der Waals surface area contributed by atoms with Crippen LogP contribution in [0.3, 0.4) is 0 Å². The van der Waals surface area contributed by atoms with Gasteiger partial charge in [-0.2, -0.15) is 0 Å². The number of carbonyl (C=O) groups is 2. The number of benzene rings is 1. The first-order valence-corrected chi connectivity index (χ1v) is 7.69. The standard InChI is InChI=1S/C15H17N3O3S/c1-3-21-13-6-4-11(5-7-13)17-14(20)8-12-9-22-15(18-12)16-10(2)19/h4-7,9H,3,8H2,1-2H3,(H,17,20)(H,16,18,19). The second kappa shape index (κ2) is 7.56. The topological polar surface area (TPSA) is 80.3 Å². The number of aromatic nitrogens is 1. The number of thiazole rings is 1. The molecule has 1 aromatic carbocycles. The van der Waals surface area contributed by atoms with Crippen molar-refractivity contribution >= 4 is 34.0 Å². The molecule has 0 aliphatic carbocycles. The van der Waals surface area contributed by atoms with Gasteiger partial charge in [0.15, 0.2) is 5.13 Å². The summed E-state index contributed by atoms with van der Waals surface area (Å²) in [4.78, 5) is 27.1. The van der Waals surface area contributed by atoms with Gasteiger partial charge >= 0.3 is 0 Å². The quantitative estimate of drug-likeness (QED) is 0.858. The summed E-state index contributed by atoms with van der Waals surface area (Å²) in [5.41, 5.74) is 1.32. The van der Waals surface area contributed by atoms with E-state index in [1.165, 1.54) is 18.3 Å². The van der Waals surface area contributed by atoms with Gasteiger partial charge in [-0.15, -0.1) is 11.3 Å². The van der Waals surface area contributed by atoms with E-state index in [1.54, 1.807) is 29.6 Å². The molecule has 2 N–H and O–H groups in total. The molecule has 1 aromatic heterocycles. The fraction of sp³-hybridized carbons (Fsp3) is 0.267. The van der Waals surface area contributed by atoms with E-state index in [0.717, 1.165) is 5.75 Å². The lowest BCUT2D eigenvalue weighted by Crippen LogP contribution is -2.14. The maximum atomic E-state index is 12.0. The van der Waals surface area contributed by atoms with Crippen molar-refractivity contribution in [3.8, 4) is 5.75 Å². The molecule has 0 spiro atoms. The summed E-state index contributed by atoms with van der Waals surface area (Å²) >= 11 is 1.29. The Morgan fingerprint density at radius 2 is 1.95 bits per heavy atom. The van der Waals surface area contributed by atoms with E-state index >= 15 is 0 Å². The van der Waals surface area contributed by atoms with Crippen molar-refractivity contribution in [3.63, 3.8) is 0 Å². The number of amides is 2. The number of ether oxygens (including phenoxy) is 1. The first-order valence-electron chi connectivity index (χ1n) is 6.81. The summed E-state index contributed by atoms with van der Waals surface area (Å²) in [6.07, 6.45) is 0.156. The minimum absolute atomic E-state index is 0.156. The highest BCUT2D eigenvalue weighted by Crippen LogP contribution is 2.18. The van der Waals surface area contributed by atoms with Crippen molar-refractivity contribution in [2.24, 2.45) is 0 Å². The van der Waals surface area contributed by atoms with Gasteiger partial charge in [0.25, 0.3) is 0 Å². The van der Waals surface area contributed by atoms with Crippen molar-refractivity contribution in [1.29, 1.82) is 0 Å². The normalized spacial score (nSPS) is 10.1. The molecule has 6 nitrogen and oxygen atoms in total. The van der Waals surface area contributed by atoms with E-state index in [2.05, 4.69) is 15.6 Å². The zero-order valence-corrected chi connectivity index (χ0v) is 13.2. The van der Waals surface area contributed by atoms with Crippen LogP contribution in [0.25, 0.3) is 0 Å². The number of hydrogen-bond donors (Lipinski definition) is 2. The molecule has 2 rings (SSSR count). The number of anilines is 2. The first-order chi connectivity index (χ1) is 10.6. The van der Waals surface area contributed by atoms with Gasteiger partial charge in [-0.25, -0.2) is 4.98 Å². The lowest BCUT2D eigenvalue weighted by Gasteiger charge is -2.06. The third-order valence-corrected chi connectivity index (χ3v) is 3.43. The molecule has 0 fully saturated rings. The molecule has 1 heterocycles. The fourth-order valence-corrected chi connectivity index (χ4v) is 2.52. The summed E-state index contributed by atoms with van der Waals surface area (Å²) in [5, 5.41) is 7.63. The second-order valence-electron chi connectivity index (χ2n) is 4.51. The van der Waals surface area contributed by atoms with Gasteiger partial charge in [0.2, 0.25) is 11.8 Å². The van der Waals surface area contributed by atoms with Gasteiger partial charge in [0.05, 0.1) is 18.7 Å². The summed E-state index contributed by atoms with van der Waals surface area (Å²) < 4.78 is 5.34. The van der Waals surface area contributed by atoms with E-state index in [0.29, 0.717) is 23.1 Å². The molecule has 0 bridgehead atoms. The molecular weight excluding hydrogens is 302 g/mol. The molecule has 0 aliphatic heterocycles. The highest BCUT2D eigenvalue weighted by Gasteiger charge is 2.09. The van der Waals surface area contributed by atoms with E-state index in [4.69, 9.17) is 4.74 Å². The maximum absolute atomic E-state index is 12.0. The molecule has 0 radical (unpaired) electrons. The Bertz CT molecular complexity index is 652. The predicted molar refractivity (Wildman–Crippen MR) is 86.4 cm³/mol. The molecule has 2 aromatic rings. The lowest BCUT2D eigenvalue weighted by molar-refractivity contribution is -0.116. The predicted octanol–water partition coefficient (Wildman–Crippen LogP) is 2.68. The zero-order chi connectivity index (χ0) is 15.9. The second-order valence-corrected chi connectivity index (χ2v) is 5.37. The van der Waals surface area contributed by atoms with Crippen molar-refractivity contribution in [2.45, 2.75) is 20.3 Å². The van der Waals surface area contributed by atoms with Gasteiger partial charge in [-0.1, -0.05) is 0 Å². The highest BCUT2D eigenvalue weighted by atomic mass is 32.1. The van der Waals surface area contributed by atoms with Gasteiger partial charge in [-0.05, 0) is 31.2 Å². The Morgan fingerprint density at radius 1 is 1.23 bits per heavy atom. The monoisotopic (exact) mass is 319 g/mol. The Balaban J connectivity index is 1.89. The Kier molecular flexibility index (Phi) is 5.48. The molecule has 2 amide bonds. The van der Waals surface area contributed by atoms with Crippen LogP contribution in [-0.4, -0.2) is 23.4 Å². The fourth-order valence-electron chi connectivity index (χ4n) is 1.77. The van der Waals surface area contributed by atoms with Crippen LogP contribution in [0.15, 0.2) is 29.6 Å². The molecule has 7 heteroatoms. The average Bonchev–Trinajstić information content (AvgIpc) is 2.87. The van der Waals surface area contributed by atoms with Crippen LogP contribution in [-0.2, 0) is 16.0 Å². The Morgan fingerprint density at radius 3 is 2.59 bits per heavy atom. The largest absolute Gasteiger partial charge is 0.494 e. The Hall–Kier alpha value is -2.41. The third-order valence-electron chi connectivity index (χ3n) is 2.63. The van der Waals surface area contributed by atoms with E-state index in [9.17, 15) is 9.59 Å². The van der Waals surface area contributed by atoms with Gasteiger partial charge in [-0.3, -0.25) is 9.59 Å². The number of carbonyl (C=O) groups excluding carboxylic acids is 2. The van der Waals surface area contributed by atoms with Gasteiger partial charge in [0, 0.05) is 18.0 Å². The van der Waals surface area contributed by atoms with Crippen LogP contribution in [0.1, 0.15) is 19.5 Å². The molecule has 0 atom stereocenters. The molecule has 0 saturated carbocycles. The van der Waals surface area contributed by atoms with Crippen LogP contribution >= 0.6 is 11.3 Å². The summed E-state index contributed by atoms with van der Waals surface area (Å²) in [5.74, 6) is 0.420. The van der Waals surface area contributed by atoms with Crippen LogP contribution in [0.4, 0.5) is 10.8 Å². The van der Waals surface area contributed by atoms with E-state index in [-0.39, 0.29) is 18.2 Å². The number of nitrogens with zero attached hydrogens (tertiary/aromatic N) is 1. The highest BCUT2D eigenvalue weighted by molar-refractivity contribution is 7.13. The van der Waals surface area contributed by atoms with Crippen LogP contribution in [0.2, 0.25) is 0 Å². The van der Waals surface area contributed by atoms with Crippen molar-refractivity contribution < 1.29 is 14.3 Å². The summed E-state index contributed by atoms with van der Waals surface area (Å²) in [7, 11) is 0. The molecule has 0 aliphatic rings. The zero-order valence-electron chi connectivity index (χ0n) is 12.4. The molecular formula is C15H17N3O3S. The Labute approximate surface area is 132 Å². The average molecular weight is 319 g/mol. The number of hydrogen-bond acceptors (Lipinski definition) is 5. The van der Waals surface area contributed by atoms with Crippen LogP contribution < -0.4 is 15.4 Å². The summed E-state index contributed by atoms with van der Waals surface area (Å²) in [6.45, 7) is 3.94. The molecule has 116 valence electrons. The third kappa shape index (κ3) is 4.85. The van der Waals surface area contributed by atoms with Crippen LogP contribution in [0, 0.1) is 0 Å².